The molecule has 3 nitrogen and oxygen atoms in total. The number of furan rings is 1. The van der Waals surface area contributed by atoms with E-state index in [9.17, 15) is 0 Å². The minimum Gasteiger partial charge on any atom is -0.455 e. The van der Waals surface area contributed by atoms with E-state index >= 15 is 0 Å². The van der Waals surface area contributed by atoms with Crippen molar-refractivity contribution in [3.63, 3.8) is 0 Å². The fraction of sp³-hybridized carbons (Fsp3) is 0. The third-order valence-electron chi connectivity index (χ3n) is 11.4. The van der Waals surface area contributed by atoms with Gasteiger partial charge in [-0.1, -0.05) is 121 Å². The highest BCUT2D eigenvalue weighted by molar-refractivity contribution is 7.25. The van der Waals surface area contributed by atoms with Crippen molar-refractivity contribution in [3.8, 4) is 16.8 Å². The van der Waals surface area contributed by atoms with E-state index in [-0.39, 0.29) is 0 Å². The average molecular weight is 733 g/mol. The van der Waals surface area contributed by atoms with Crippen LogP contribution < -0.4 is 4.90 Å². The number of thiophene rings is 1. The third-order valence-corrected chi connectivity index (χ3v) is 12.5. The zero-order chi connectivity index (χ0) is 36.7. The zero-order valence-corrected chi connectivity index (χ0v) is 31.0. The van der Waals surface area contributed by atoms with Crippen LogP contribution in [0.15, 0.2) is 199 Å². The Morgan fingerprint density at radius 2 is 1.05 bits per heavy atom. The molecule has 0 spiro atoms. The molecule has 12 aromatic rings. The first-order chi connectivity index (χ1) is 27.8. The number of rotatable bonds is 5. The monoisotopic (exact) mass is 732 g/mol. The number of anilines is 3. The lowest BCUT2D eigenvalue weighted by atomic mass is 9.96. The molecule has 9 aromatic carbocycles. The lowest BCUT2D eigenvalue weighted by Gasteiger charge is -2.28. The minimum atomic E-state index is 0.887. The molecule has 3 heterocycles. The van der Waals surface area contributed by atoms with Gasteiger partial charge in [0.1, 0.15) is 11.2 Å². The summed E-state index contributed by atoms with van der Waals surface area (Å²) in [5.41, 5.74) is 10.9. The van der Waals surface area contributed by atoms with E-state index in [4.69, 9.17) is 4.42 Å². The quantitative estimate of drug-likeness (QED) is 0.176. The van der Waals surface area contributed by atoms with Gasteiger partial charge in [-0.3, -0.25) is 0 Å². The number of hydrogen-bond donors (Lipinski definition) is 0. The molecule has 262 valence electrons. The summed E-state index contributed by atoms with van der Waals surface area (Å²) in [6.07, 6.45) is 0. The fourth-order valence-electron chi connectivity index (χ4n) is 8.91. The fourth-order valence-corrected chi connectivity index (χ4v) is 10.0. The highest BCUT2D eigenvalue weighted by atomic mass is 32.1. The molecule has 0 aliphatic heterocycles. The van der Waals surface area contributed by atoms with Crippen molar-refractivity contribution in [3.05, 3.63) is 194 Å². The van der Waals surface area contributed by atoms with Gasteiger partial charge >= 0.3 is 0 Å². The number of fused-ring (bicyclic) bond motifs is 11. The summed E-state index contributed by atoms with van der Waals surface area (Å²) in [5.74, 6) is 0. The van der Waals surface area contributed by atoms with Gasteiger partial charge in [-0.05, 0) is 83.7 Å². The molecule has 0 saturated heterocycles. The van der Waals surface area contributed by atoms with Crippen LogP contribution in [0.3, 0.4) is 0 Å². The largest absolute Gasteiger partial charge is 0.455 e. The topological polar surface area (TPSA) is 21.3 Å². The molecule has 0 aliphatic rings. The van der Waals surface area contributed by atoms with Gasteiger partial charge in [0.15, 0.2) is 0 Å². The summed E-state index contributed by atoms with van der Waals surface area (Å²) >= 11 is 1.85. The molecule has 12 rings (SSSR count). The van der Waals surface area contributed by atoms with Crippen LogP contribution in [-0.4, -0.2) is 4.57 Å². The number of aromatic nitrogens is 1. The Labute approximate surface area is 326 Å². The summed E-state index contributed by atoms with van der Waals surface area (Å²) in [7, 11) is 0. The van der Waals surface area contributed by atoms with Crippen molar-refractivity contribution < 1.29 is 4.42 Å². The van der Waals surface area contributed by atoms with E-state index in [1.165, 1.54) is 47.4 Å². The molecule has 0 saturated carbocycles. The molecular formula is C52H32N2OS. The van der Waals surface area contributed by atoms with Gasteiger partial charge in [-0.2, -0.15) is 0 Å². The molecule has 4 heteroatoms. The van der Waals surface area contributed by atoms with Crippen molar-refractivity contribution in [1.29, 1.82) is 0 Å². The van der Waals surface area contributed by atoms with Gasteiger partial charge in [0, 0.05) is 69.7 Å². The van der Waals surface area contributed by atoms with Crippen molar-refractivity contribution in [1.82, 2.24) is 4.57 Å². The Balaban J connectivity index is 1.08. The highest BCUT2D eigenvalue weighted by Gasteiger charge is 2.22. The van der Waals surface area contributed by atoms with Crippen LogP contribution in [0.5, 0.6) is 0 Å². The smallest absolute Gasteiger partial charge is 0.143 e. The summed E-state index contributed by atoms with van der Waals surface area (Å²) in [6.45, 7) is 0. The van der Waals surface area contributed by atoms with Crippen molar-refractivity contribution >= 4 is 103 Å². The van der Waals surface area contributed by atoms with Crippen LogP contribution in [-0.2, 0) is 0 Å². The second-order valence-electron chi connectivity index (χ2n) is 14.5. The van der Waals surface area contributed by atoms with Gasteiger partial charge in [-0.25, -0.2) is 0 Å². The second kappa shape index (κ2) is 12.2. The molecule has 0 fully saturated rings. The third kappa shape index (κ3) is 4.63. The minimum absolute atomic E-state index is 0.887. The summed E-state index contributed by atoms with van der Waals surface area (Å²) < 4.78 is 11.6. The lowest BCUT2D eigenvalue weighted by Crippen LogP contribution is -2.11. The Hall–Kier alpha value is -7.14. The molecule has 0 unspecified atom stereocenters. The molecule has 0 N–H and O–H groups in total. The zero-order valence-electron chi connectivity index (χ0n) is 30.2. The van der Waals surface area contributed by atoms with Gasteiger partial charge in [0.05, 0.1) is 16.7 Å². The maximum Gasteiger partial charge on any atom is 0.143 e. The Morgan fingerprint density at radius 1 is 0.429 bits per heavy atom. The lowest BCUT2D eigenvalue weighted by molar-refractivity contribution is 0.673. The van der Waals surface area contributed by atoms with Crippen LogP contribution in [0.25, 0.3) is 91.5 Å². The van der Waals surface area contributed by atoms with Gasteiger partial charge in [0.25, 0.3) is 0 Å². The number of para-hydroxylation sites is 3. The summed E-state index contributed by atoms with van der Waals surface area (Å²) in [4.78, 5) is 2.42. The predicted molar refractivity (Wildman–Crippen MR) is 239 cm³/mol. The van der Waals surface area contributed by atoms with E-state index in [0.717, 1.165) is 61.2 Å². The Bertz CT molecular complexity index is 3440. The van der Waals surface area contributed by atoms with Gasteiger partial charge < -0.3 is 13.9 Å². The highest BCUT2D eigenvalue weighted by Crippen LogP contribution is 2.47. The van der Waals surface area contributed by atoms with Crippen LogP contribution in [0.1, 0.15) is 0 Å². The molecule has 3 aromatic heterocycles. The van der Waals surface area contributed by atoms with E-state index in [1.807, 2.05) is 11.3 Å². The first-order valence-corrected chi connectivity index (χ1v) is 19.8. The Morgan fingerprint density at radius 3 is 1.88 bits per heavy atom. The van der Waals surface area contributed by atoms with Gasteiger partial charge in [0.2, 0.25) is 0 Å². The molecule has 0 radical (unpaired) electrons. The molecule has 0 aliphatic carbocycles. The SMILES string of the molecule is c1ccc(N(c2ccc(-n3c4ccccc4c4ccccc43)cc2)c2ccc3c(c2)sc2ccccc23)c(-c2cccc3oc4c5ccccc5ccc4c23)c1. The van der Waals surface area contributed by atoms with Crippen LogP contribution in [0.2, 0.25) is 0 Å². The first kappa shape index (κ1) is 31.2. The van der Waals surface area contributed by atoms with E-state index in [0.29, 0.717) is 0 Å². The standard InChI is InChI=1S/C52H32N2OS/c1-2-13-37-33(12-1)24-30-44-51-43(18-11-22-48(51)55-52(37)44)40-16-5-7-19-45(40)53(36-29-31-42-41-17-6-10-23-49(41)56-50(42)32-36)34-25-27-35(28-26-34)54-46-20-8-3-14-38(46)39-15-4-9-21-47(39)54/h1-32H. The predicted octanol–water partition coefficient (Wildman–Crippen LogP) is 15.3. The summed E-state index contributed by atoms with van der Waals surface area (Å²) in [5, 5.41) is 9.65. The van der Waals surface area contributed by atoms with Crippen LogP contribution >= 0.6 is 11.3 Å². The van der Waals surface area contributed by atoms with Crippen LogP contribution in [0.4, 0.5) is 17.1 Å². The van der Waals surface area contributed by atoms with E-state index in [1.54, 1.807) is 0 Å². The summed E-state index contributed by atoms with van der Waals surface area (Å²) in [6, 6.07) is 70.2. The maximum absolute atomic E-state index is 6.67. The molecule has 0 amide bonds. The maximum atomic E-state index is 6.67. The molecular weight excluding hydrogens is 701 g/mol. The van der Waals surface area contributed by atoms with Crippen molar-refractivity contribution in [2.24, 2.45) is 0 Å². The number of nitrogens with zero attached hydrogens (tertiary/aromatic N) is 2. The van der Waals surface area contributed by atoms with Crippen LogP contribution in [0, 0.1) is 0 Å². The molecule has 0 atom stereocenters. The number of hydrogen-bond acceptors (Lipinski definition) is 3. The molecule has 0 bridgehead atoms. The first-order valence-electron chi connectivity index (χ1n) is 19.0. The Kier molecular flexibility index (Phi) is 6.80. The normalized spacial score (nSPS) is 11.9. The number of benzene rings is 9. The average Bonchev–Trinajstić information content (AvgIpc) is 3.94. The molecule has 56 heavy (non-hydrogen) atoms. The van der Waals surface area contributed by atoms with Crippen molar-refractivity contribution in [2.45, 2.75) is 0 Å². The van der Waals surface area contributed by atoms with Crippen molar-refractivity contribution in [2.75, 3.05) is 4.90 Å². The van der Waals surface area contributed by atoms with Gasteiger partial charge in [-0.15, -0.1) is 11.3 Å². The van der Waals surface area contributed by atoms with E-state index in [2.05, 4.69) is 204 Å². The second-order valence-corrected chi connectivity index (χ2v) is 15.5. The van der Waals surface area contributed by atoms with E-state index < -0.39 is 0 Å².